The molecule has 2 aliphatic rings. The van der Waals surface area contributed by atoms with Crippen molar-refractivity contribution in [1.82, 2.24) is 30.3 Å². The van der Waals surface area contributed by atoms with Gasteiger partial charge in [-0.25, -0.2) is 14.6 Å². The van der Waals surface area contributed by atoms with Crippen LogP contribution in [-0.2, 0) is 16.1 Å². The summed E-state index contributed by atoms with van der Waals surface area (Å²) in [5.41, 5.74) is 1.35. The second kappa shape index (κ2) is 6.00. The van der Waals surface area contributed by atoms with Gasteiger partial charge in [-0.05, 0) is 13.3 Å². The van der Waals surface area contributed by atoms with Gasteiger partial charge in [-0.3, -0.25) is 9.59 Å². The number of carbonyl (C=O) groups excluding carboxylic acids is 2. The Balaban J connectivity index is 1.43. The Morgan fingerprint density at radius 3 is 2.96 bits per heavy atom. The van der Waals surface area contributed by atoms with Gasteiger partial charge in [-0.15, -0.1) is 5.10 Å². The molecule has 0 radical (unpaired) electrons. The molecule has 126 valence electrons. The first-order valence-corrected chi connectivity index (χ1v) is 8.92. The van der Waals surface area contributed by atoms with Crippen molar-refractivity contribution in [2.75, 3.05) is 23.7 Å². The van der Waals surface area contributed by atoms with Crippen molar-refractivity contribution in [3.63, 3.8) is 0 Å². The van der Waals surface area contributed by atoms with Gasteiger partial charge in [0.25, 0.3) is 0 Å². The van der Waals surface area contributed by atoms with E-state index >= 15 is 0 Å². The van der Waals surface area contributed by atoms with Crippen molar-refractivity contribution in [3.8, 4) is 0 Å². The first-order chi connectivity index (χ1) is 11.7. The van der Waals surface area contributed by atoms with Crippen molar-refractivity contribution in [2.45, 2.75) is 25.9 Å². The molecule has 0 spiro atoms. The average Bonchev–Trinajstić information content (AvgIpc) is 3.13. The molecule has 4 rings (SSSR count). The molecular weight excluding hydrogens is 330 g/mol. The lowest BCUT2D eigenvalue weighted by Crippen LogP contribution is -2.56. The quantitative estimate of drug-likeness (QED) is 0.812. The fourth-order valence-electron chi connectivity index (χ4n) is 2.96. The number of amides is 1. The third-order valence-electron chi connectivity index (χ3n) is 4.38. The van der Waals surface area contributed by atoms with Gasteiger partial charge in [-0.1, -0.05) is 17.0 Å². The van der Waals surface area contributed by atoms with E-state index in [9.17, 15) is 9.59 Å². The molecule has 2 aromatic rings. The Bertz CT molecular complexity index is 802. The van der Waals surface area contributed by atoms with E-state index in [-0.39, 0.29) is 23.0 Å². The molecule has 0 aromatic carbocycles. The molecule has 0 aliphatic carbocycles. The maximum absolute atomic E-state index is 12.3. The highest BCUT2D eigenvalue weighted by Crippen LogP contribution is 2.28. The van der Waals surface area contributed by atoms with Gasteiger partial charge >= 0.3 is 0 Å². The van der Waals surface area contributed by atoms with Crippen molar-refractivity contribution >= 4 is 39.8 Å². The summed E-state index contributed by atoms with van der Waals surface area (Å²) in [6.45, 7) is 3.78. The van der Waals surface area contributed by atoms with Crippen LogP contribution in [0, 0.1) is 5.92 Å². The lowest BCUT2D eigenvalue weighted by atomic mass is 9.98. The molecule has 4 heterocycles. The van der Waals surface area contributed by atoms with E-state index in [0.29, 0.717) is 36.6 Å². The Morgan fingerprint density at radius 1 is 1.42 bits per heavy atom. The molecule has 0 unspecified atom stereocenters. The maximum atomic E-state index is 12.3. The summed E-state index contributed by atoms with van der Waals surface area (Å²) in [6.07, 6.45) is 2.22. The highest BCUT2D eigenvalue weighted by atomic mass is 32.2. The van der Waals surface area contributed by atoms with Crippen LogP contribution in [0.15, 0.2) is 6.33 Å². The van der Waals surface area contributed by atoms with E-state index < -0.39 is 0 Å². The van der Waals surface area contributed by atoms with Gasteiger partial charge in [0.1, 0.15) is 6.33 Å². The fourth-order valence-corrected chi connectivity index (χ4v) is 3.89. The second-order valence-corrected chi connectivity index (χ2v) is 6.99. The number of hydrogen-bond donors (Lipinski definition) is 1. The smallest absolute Gasteiger partial charge is 0.227 e. The largest absolute Gasteiger partial charge is 0.353 e. The number of fused-ring (bicyclic) bond motifs is 1. The van der Waals surface area contributed by atoms with Crippen LogP contribution in [0.2, 0.25) is 0 Å². The lowest BCUT2D eigenvalue weighted by Gasteiger charge is -2.39. The molecular formula is C14H17N7O2S. The van der Waals surface area contributed by atoms with E-state index in [1.165, 1.54) is 18.1 Å². The zero-order valence-electron chi connectivity index (χ0n) is 13.2. The summed E-state index contributed by atoms with van der Waals surface area (Å²) >= 11 is 1.29. The molecule has 9 nitrogen and oxygen atoms in total. The molecule has 2 fully saturated rings. The number of anilines is 1. The van der Waals surface area contributed by atoms with Crippen LogP contribution in [0.25, 0.3) is 11.2 Å². The summed E-state index contributed by atoms with van der Waals surface area (Å²) in [5.74, 6) is 1.30. The van der Waals surface area contributed by atoms with Crippen LogP contribution < -0.4 is 10.2 Å². The minimum Gasteiger partial charge on any atom is -0.353 e. The van der Waals surface area contributed by atoms with Gasteiger partial charge in [0, 0.05) is 25.4 Å². The maximum Gasteiger partial charge on any atom is 0.227 e. The van der Waals surface area contributed by atoms with Crippen molar-refractivity contribution in [2.24, 2.45) is 5.92 Å². The Kier molecular flexibility index (Phi) is 3.83. The van der Waals surface area contributed by atoms with Gasteiger partial charge in [0.2, 0.25) is 11.0 Å². The van der Waals surface area contributed by atoms with E-state index in [0.717, 1.165) is 12.2 Å². The van der Waals surface area contributed by atoms with Crippen molar-refractivity contribution < 1.29 is 9.59 Å². The first kappa shape index (κ1) is 15.3. The van der Waals surface area contributed by atoms with Crippen LogP contribution in [0.1, 0.15) is 13.3 Å². The van der Waals surface area contributed by atoms with Crippen LogP contribution in [0.4, 0.5) is 5.82 Å². The summed E-state index contributed by atoms with van der Waals surface area (Å²) in [6, 6.07) is -0.327. The number of nitrogens with zero attached hydrogens (tertiary/aromatic N) is 6. The third-order valence-corrected chi connectivity index (χ3v) is 5.39. The van der Waals surface area contributed by atoms with Crippen LogP contribution in [-0.4, -0.2) is 60.9 Å². The fraction of sp³-hybridized carbons (Fsp3) is 0.571. The van der Waals surface area contributed by atoms with Gasteiger partial charge in [-0.2, -0.15) is 0 Å². The predicted molar refractivity (Wildman–Crippen MR) is 88.5 cm³/mol. The van der Waals surface area contributed by atoms with Crippen LogP contribution in [0.5, 0.6) is 0 Å². The molecule has 2 aromatic heterocycles. The molecule has 0 saturated carbocycles. The number of thioether (sulfide) groups is 1. The minimum atomic E-state index is -0.327. The Hall–Kier alpha value is -2.23. The van der Waals surface area contributed by atoms with E-state index in [2.05, 4.69) is 25.6 Å². The summed E-state index contributed by atoms with van der Waals surface area (Å²) in [4.78, 5) is 34.4. The molecule has 1 amide bonds. The Morgan fingerprint density at radius 2 is 2.25 bits per heavy atom. The molecule has 0 bridgehead atoms. The SMILES string of the molecule is CCn1nnc2c(N3CC(C(=O)N[C@@H]4CCSC4=O)C3)ncnc21. The topological polar surface area (TPSA) is 106 Å². The highest BCUT2D eigenvalue weighted by Gasteiger charge is 2.37. The Labute approximate surface area is 142 Å². The number of rotatable bonds is 4. The van der Waals surface area contributed by atoms with E-state index in [1.54, 1.807) is 4.68 Å². The molecule has 24 heavy (non-hydrogen) atoms. The van der Waals surface area contributed by atoms with Crippen molar-refractivity contribution in [1.29, 1.82) is 0 Å². The third kappa shape index (κ3) is 2.50. The van der Waals surface area contributed by atoms with Gasteiger partial charge in [0.05, 0.1) is 12.0 Å². The lowest BCUT2D eigenvalue weighted by molar-refractivity contribution is -0.128. The monoisotopic (exact) mass is 347 g/mol. The molecule has 1 N–H and O–H groups in total. The van der Waals surface area contributed by atoms with Crippen LogP contribution >= 0.6 is 11.8 Å². The zero-order valence-corrected chi connectivity index (χ0v) is 14.0. The highest BCUT2D eigenvalue weighted by molar-refractivity contribution is 8.14. The molecule has 1 atom stereocenters. The van der Waals surface area contributed by atoms with Gasteiger partial charge < -0.3 is 10.2 Å². The number of hydrogen-bond acceptors (Lipinski definition) is 8. The molecule has 2 aliphatic heterocycles. The second-order valence-electron chi connectivity index (χ2n) is 5.89. The predicted octanol–water partition coefficient (Wildman–Crippen LogP) is -0.174. The number of nitrogens with one attached hydrogen (secondary N) is 1. The average molecular weight is 347 g/mol. The zero-order chi connectivity index (χ0) is 16.7. The molecule has 2 saturated heterocycles. The number of aromatic nitrogens is 5. The van der Waals surface area contributed by atoms with Gasteiger partial charge in [0.15, 0.2) is 17.0 Å². The number of aryl methyl sites for hydroxylation is 1. The number of carbonyl (C=O) groups is 2. The summed E-state index contributed by atoms with van der Waals surface area (Å²) in [5, 5.41) is 11.1. The molecule has 10 heteroatoms. The standard InChI is InChI=1S/C14H17N7O2S/c1-2-21-12-10(18-19-21)11(15-7-16-12)20-5-8(6-20)13(22)17-9-3-4-24-14(9)23/h7-9H,2-6H2,1H3,(H,17,22)/t9-/m1/s1. The summed E-state index contributed by atoms with van der Waals surface area (Å²) < 4.78 is 1.72. The first-order valence-electron chi connectivity index (χ1n) is 7.93. The van der Waals surface area contributed by atoms with Crippen molar-refractivity contribution in [3.05, 3.63) is 6.33 Å². The van der Waals surface area contributed by atoms with Crippen LogP contribution in [0.3, 0.4) is 0 Å². The van der Waals surface area contributed by atoms with E-state index in [1.807, 2.05) is 11.8 Å². The minimum absolute atomic E-state index is 0.0605. The van der Waals surface area contributed by atoms with E-state index in [4.69, 9.17) is 0 Å². The normalized spacial score (nSPS) is 21.3. The summed E-state index contributed by atoms with van der Waals surface area (Å²) in [7, 11) is 0.